The Hall–Kier alpha value is -1.52. The molecule has 5 heteroatoms. The first-order chi connectivity index (χ1) is 6.49. The molecule has 0 saturated carbocycles. The topological polar surface area (TPSA) is 89.2 Å². The van der Waals surface area contributed by atoms with Crippen molar-refractivity contribution < 1.29 is 4.79 Å². The van der Waals surface area contributed by atoms with Gasteiger partial charge in [-0.05, 0) is 20.3 Å². The third kappa shape index (κ3) is 4.49. The molecule has 0 atom stereocenters. The van der Waals surface area contributed by atoms with Gasteiger partial charge in [-0.2, -0.15) is 0 Å². The Morgan fingerprint density at radius 1 is 1.36 bits per heavy atom. The third-order valence-electron chi connectivity index (χ3n) is 1.46. The van der Waals surface area contributed by atoms with Crippen LogP contribution >= 0.6 is 0 Å². The van der Waals surface area contributed by atoms with E-state index in [2.05, 4.69) is 10.3 Å². The summed E-state index contributed by atoms with van der Waals surface area (Å²) in [4.78, 5) is 15.0. The lowest BCUT2D eigenvalue weighted by Crippen LogP contribution is -2.34. The number of carbonyl (C=O) groups excluding carboxylic acids is 1. The Balaban J connectivity index is 4.32. The number of hydrogen-bond acceptors (Lipinski definition) is 3. The van der Waals surface area contributed by atoms with Gasteiger partial charge in [0.1, 0.15) is 11.5 Å². The lowest BCUT2D eigenvalue weighted by Gasteiger charge is -2.03. The second-order valence-corrected chi connectivity index (χ2v) is 2.91. The van der Waals surface area contributed by atoms with Crippen molar-refractivity contribution in [3.63, 3.8) is 0 Å². The van der Waals surface area contributed by atoms with Gasteiger partial charge in [-0.1, -0.05) is 6.92 Å². The van der Waals surface area contributed by atoms with Gasteiger partial charge >= 0.3 is 0 Å². The van der Waals surface area contributed by atoms with Crippen LogP contribution < -0.4 is 5.32 Å². The predicted molar refractivity (Wildman–Crippen MR) is 57.5 cm³/mol. The highest BCUT2D eigenvalue weighted by atomic mass is 16.1. The number of amides is 1. The molecule has 0 aliphatic carbocycles. The second kappa shape index (κ2) is 6.01. The van der Waals surface area contributed by atoms with Gasteiger partial charge in [0.25, 0.3) is 5.91 Å². The minimum Gasteiger partial charge on any atom is -0.351 e. The van der Waals surface area contributed by atoms with Crippen molar-refractivity contribution in [2.45, 2.75) is 27.2 Å². The quantitative estimate of drug-likeness (QED) is 0.454. The van der Waals surface area contributed by atoms with E-state index in [0.717, 1.165) is 6.42 Å². The van der Waals surface area contributed by atoms with E-state index in [4.69, 9.17) is 10.8 Å². The van der Waals surface area contributed by atoms with E-state index in [0.29, 0.717) is 6.54 Å². The molecule has 0 radical (unpaired) electrons. The molecule has 5 nitrogen and oxygen atoms in total. The average molecular weight is 196 g/mol. The molecule has 3 N–H and O–H groups in total. The Bertz CT molecular complexity index is 281. The Labute approximate surface area is 83.6 Å². The average Bonchev–Trinajstić information content (AvgIpc) is 2.11. The van der Waals surface area contributed by atoms with Crippen LogP contribution in [0, 0.1) is 10.8 Å². The molecular formula is C9H16N4O. The molecule has 0 saturated heterocycles. The van der Waals surface area contributed by atoms with E-state index in [-0.39, 0.29) is 17.3 Å². The van der Waals surface area contributed by atoms with Gasteiger partial charge in [-0.25, -0.2) is 4.99 Å². The number of nitrogens with one attached hydrogen (secondary N) is 3. The molecule has 1 amide bonds. The Morgan fingerprint density at radius 3 is 2.36 bits per heavy atom. The van der Waals surface area contributed by atoms with Gasteiger partial charge in [0.05, 0.1) is 5.71 Å². The maximum atomic E-state index is 11.2. The molecule has 0 aromatic carbocycles. The standard InChI is InChI=1S/C9H16N4O/c1-4-5-12-9(14)8(11)6(2)13-7(3)10/h10-11H,4-5H2,1-3H3,(H,12,14). The second-order valence-electron chi connectivity index (χ2n) is 2.91. The molecule has 0 bridgehead atoms. The van der Waals surface area contributed by atoms with Gasteiger partial charge < -0.3 is 5.32 Å². The number of nitrogens with zero attached hydrogens (tertiary/aromatic N) is 1. The first-order valence-electron chi connectivity index (χ1n) is 4.46. The van der Waals surface area contributed by atoms with E-state index in [1.54, 1.807) is 6.92 Å². The molecule has 0 aromatic heterocycles. The zero-order valence-corrected chi connectivity index (χ0v) is 8.77. The summed E-state index contributed by atoms with van der Waals surface area (Å²) in [7, 11) is 0. The fourth-order valence-electron chi connectivity index (χ4n) is 0.799. The fourth-order valence-corrected chi connectivity index (χ4v) is 0.799. The van der Waals surface area contributed by atoms with Crippen molar-refractivity contribution in [2.24, 2.45) is 4.99 Å². The molecule has 0 fully saturated rings. The van der Waals surface area contributed by atoms with Crippen LogP contribution in [0.2, 0.25) is 0 Å². The minimum absolute atomic E-state index is 0.0931. The highest BCUT2D eigenvalue weighted by Crippen LogP contribution is 1.85. The number of carbonyl (C=O) groups is 1. The third-order valence-corrected chi connectivity index (χ3v) is 1.46. The van der Waals surface area contributed by atoms with Crippen LogP contribution in [-0.4, -0.2) is 29.7 Å². The van der Waals surface area contributed by atoms with Crippen LogP contribution in [0.1, 0.15) is 27.2 Å². The Morgan fingerprint density at radius 2 is 1.93 bits per heavy atom. The van der Waals surface area contributed by atoms with Gasteiger partial charge in [0.2, 0.25) is 0 Å². The van der Waals surface area contributed by atoms with Crippen LogP contribution in [0.3, 0.4) is 0 Å². The smallest absolute Gasteiger partial charge is 0.271 e. The van der Waals surface area contributed by atoms with E-state index in [9.17, 15) is 4.79 Å². The van der Waals surface area contributed by atoms with Gasteiger partial charge in [0.15, 0.2) is 0 Å². The van der Waals surface area contributed by atoms with Crippen molar-refractivity contribution >= 4 is 23.2 Å². The normalized spacial score (nSPS) is 10.9. The van der Waals surface area contributed by atoms with E-state index < -0.39 is 5.91 Å². The molecule has 0 aliphatic heterocycles. The van der Waals surface area contributed by atoms with Crippen LogP contribution in [0.25, 0.3) is 0 Å². The van der Waals surface area contributed by atoms with Gasteiger partial charge in [0, 0.05) is 6.54 Å². The summed E-state index contributed by atoms with van der Waals surface area (Å²) in [5.74, 6) is -0.343. The van der Waals surface area contributed by atoms with Gasteiger partial charge in [-0.3, -0.25) is 15.6 Å². The summed E-state index contributed by atoms with van der Waals surface area (Å²) in [5.41, 5.74) is 0.0937. The molecule has 0 aromatic rings. The molecule has 0 spiro atoms. The SMILES string of the molecule is CCCNC(=O)C(=N)C(C)=NC(C)=N. The summed E-state index contributed by atoms with van der Waals surface area (Å²) < 4.78 is 0. The van der Waals surface area contributed by atoms with Crippen molar-refractivity contribution in [2.75, 3.05) is 6.54 Å². The molecule has 14 heavy (non-hydrogen) atoms. The lowest BCUT2D eigenvalue weighted by atomic mass is 10.2. The minimum atomic E-state index is -0.436. The zero-order valence-electron chi connectivity index (χ0n) is 8.77. The lowest BCUT2D eigenvalue weighted by molar-refractivity contribution is -0.114. The number of amidine groups is 1. The van der Waals surface area contributed by atoms with Crippen LogP contribution in [0.15, 0.2) is 4.99 Å². The summed E-state index contributed by atoms with van der Waals surface area (Å²) in [5, 5.41) is 17.1. The maximum Gasteiger partial charge on any atom is 0.271 e. The summed E-state index contributed by atoms with van der Waals surface area (Å²) in [6.45, 7) is 5.54. The van der Waals surface area contributed by atoms with Crippen LogP contribution in [-0.2, 0) is 4.79 Å². The van der Waals surface area contributed by atoms with E-state index >= 15 is 0 Å². The van der Waals surface area contributed by atoms with E-state index in [1.165, 1.54) is 6.92 Å². The van der Waals surface area contributed by atoms with Crippen molar-refractivity contribution in [1.29, 1.82) is 10.8 Å². The molecule has 0 rings (SSSR count). The molecule has 78 valence electrons. The van der Waals surface area contributed by atoms with Crippen LogP contribution in [0.5, 0.6) is 0 Å². The first kappa shape index (κ1) is 12.5. The maximum absolute atomic E-state index is 11.2. The molecule has 0 heterocycles. The predicted octanol–water partition coefficient (Wildman–Crippen LogP) is 0.990. The van der Waals surface area contributed by atoms with Crippen molar-refractivity contribution in [3.05, 3.63) is 0 Å². The first-order valence-corrected chi connectivity index (χ1v) is 4.46. The summed E-state index contributed by atoms with van der Waals surface area (Å²) in [6, 6.07) is 0. The highest BCUT2D eigenvalue weighted by molar-refractivity contribution is 6.66. The van der Waals surface area contributed by atoms with Gasteiger partial charge in [-0.15, -0.1) is 0 Å². The van der Waals surface area contributed by atoms with E-state index in [1.807, 2.05) is 6.92 Å². The fraction of sp³-hybridized carbons (Fsp3) is 0.556. The monoisotopic (exact) mass is 196 g/mol. The summed E-state index contributed by atoms with van der Waals surface area (Å²) >= 11 is 0. The molecule has 0 unspecified atom stereocenters. The number of hydrogen-bond donors (Lipinski definition) is 3. The number of rotatable bonds is 4. The van der Waals surface area contributed by atoms with Crippen molar-refractivity contribution in [1.82, 2.24) is 5.32 Å². The van der Waals surface area contributed by atoms with Crippen LogP contribution in [0.4, 0.5) is 0 Å². The highest BCUT2D eigenvalue weighted by Gasteiger charge is 2.11. The summed E-state index contributed by atoms with van der Waals surface area (Å²) in [6.07, 6.45) is 0.832. The largest absolute Gasteiger partial charge is 0.351 e. The molecule has 0 aliphatic rings. The molecular weight excluding hydrogens is 180 g/mol. The number of aliphatic imine (C=N–C) groups is 1. The zero-order chi connectivity index (χ0) is 11.1. The van der Waals surface area contributed by atoms with Crippen molar-refractivity contribution in [3.8, 4) is 0 Å². The Kier molecular flexibility index (Phi) is 5.36.